The number of hydrogen-bond donors (Lipinski definition) is 0. The zero-order valence-electron chi connectivity index (χ0n) is 5.19. The molecule has 0 saturated heterocycles. The van der Waals surface area contributed by atoms with Crippen LogP contribution in [0, 0.1) is 0 Å². The molecule has 2 rings (SSSR count). The number of aliphatic imine (C=N–C) groups is 1. The van der Waals surface area contributed by atoms with Gasteiger partial charge in [-0.15, -0.1) is 0 Å². The lowest BCUT2D eigenvalue weighted by atomic mass is 10.4. The fraction of sp³-hybridized carbons (Fsp3) is 0.167. The molecule has 10 heavy (non-hydrogen) atoms. The predicted octanol–water partition coefficient (Wildman–Crippen LogP) is 0.959. The molecular weight excluding hydrogens is 146 g/mol. The summed E-state index contributed by atoms with van der Waals surface area (Å²) < 4.78 is 0. The number of rotatable bonds is 0. The molecule has 0 radical (unpaired) electrons. The zero-order chi connectivity index (χ0) is 6.81. The lowest BCUT2D eigenvalue weighted by Crippen LogP contribution is -1.96. The van der Waals surface area contributed by atoms with Crippen molar-refractivity contribution in [2.24, 2.45) is 4.99 Å². The molecule has 0 unspecified atom stereocenters. The number of nitrogens with zero attached hydrogens (tertiary/aromatic N) is 3. The molecule has 0 aromatic carbocycles. The van der Waals surface area contributed by atoms with E-state index in [0.29, 0.717) is 0 Å². The van der Waals surface area contributed by atoms with Crippen LogP contribution in [0.25, 0.3) is 0 Å². The summed E-state index contributed by atoms with van der Waals surface area (Å²) in [5.41, 5.74) is 1.03. The van der Waals surface area contributed by atoms with E-state index < -0.39 is 0 Å². The summed E-state index contributed by atoms with van der Waals surface area (Å²) >= 11 is 1.64. The lowest BCUT2D eigenvalue weighted by Gasteiger charge is -2.04. The van der Waals surface area contributed by atoms with Crippen LogP contribution in [0.4, 0.5) is 0 Å². The van der Waals surface area contributed by atoms with Gasteiger partial charge in [0.05, 0.1) is 5.88 Å². The highest BCUT2D eigenvalue weighted by molar-refractivity contribution is 7.99. The minimum atomic E-state index is 0.782. The van der Waals surface area contributed by atoms with Gasteiger partial charge in [-0.25, -0.2) is 9.97 Å². The van der Waals surface area contributed by atoms with Crippen molar-refractivity contribution in [2.75, 3.05) is 5.88 Å². The molecule has 0 bridgehead atoms. The van der Waals surface area contributed by atoms with Gasteiger partial charge < -0.3 is 0 Å². The van der Waals surface area contributed by atoms with Crippen molar-refractivity contribution in [2.45, 2.75) is 5.03 Å². The third-order valence-electron chi connectivity index (χ3n) is 1.21. The maximum atomic E-state index is 4.08. The molecular formula is C6H5N3S. The topological polar surface area (TPSA) is 38.1 Å². The van der Waals surface area contributed by atoms with Gasteiger partial charge in [-0.2, -0.15) is 0 Å². The van der Waals surface area contributed by atoms with Crippen molar-refractivity contribution in [3.05, 3.63) is 18.1 Å². The van der Waals surface area contributed by atoms with E-state index in [1.807, 2.05) is 6.21 Å². The molecule has 0 atom stereocenters. The highest BCUT2D eigenvalue weighted by Crippen LogP contribution is 2.20. The maximum absolute atomic E-state index is 4.08. The molecule has 1 aliphatic rings. The second-order valence-corrected chi connectivity index (χ2v) is 2.80. The number of fused-ring (bicyclic) bond motifs is 1. The minimum Gasteiger partial charge on any atom is -0.281 e. The van der Waals surface area contributed by atoms with Crippen LogP contribution in [-0.2, 0) is 0 Å². The first-order chi connectivity index (χ1) is 4.97. The summed E-state index contributed by atoms with van der Waals surface area (Å²) in [6, 6.07) is 0. The van der Waals surface area contributed by atoms with Gasteiger partial charge in [0, 0.05) is 18.0 Å². The Kier molecular flexibility index (Phi) is 1.39. The van der Waals surface area contributed by atoms with Gasteiger partial charge in [0.25, 0.3) is 0 Å². The van der Waals surface area contributed by atoms with E-state index in [9.17, 15) is 0 Å². The van der Waals surface area contributed by atoms with Crippen LogP contribution in [0.2, 0.25) is 0 Å². The van der Waals surface area contributed by atoms with Gasteiger partial charge in [-0.05, 0) is 0 Å². The number of aromatic nitrogens is 2. The first-order valence-electron chi connectivity index (χ1n) is 2.89. The molecule has 1 aromatic heterocycles. The van der Waals surface area contributed by atoms with Crippen LogP contribution in [0.1, 0.15) is 5.56 Å². The molecule has 1 aromatic rings. The summed E-state index contributed by atoms with van der Waals surface area (Å²) in [6.45, 7) is 0. The molecule has 0 N–H and O–H groups in total. The molecule has 0 aliphatic carbocycles. The molecule has 1 aliphatic heterocycles. The highest BCUT2D eigenvalue weighted by atomic mass is 32.2. The SMILES string of the molecule is C1=NCSc2ncncc21. The highest BCUT2D eigenvalue weighted by Gasteiger charge is 2.04. The Morgan fingerprint density at radius 2 is 2.50 bits per heavy atom. The van der Waals surface area contributed by atoms with Gasteiger partial charge in [-0.3, -0.25) is 4.99 Å². The van der Waals surface area contributed by atoms with E-state index in [1.165, 1.54) is 0 Å². The molecule has 0 spiro atoms. The molecule has 3 nitrogen and oxygen atoms in total. The van der Waals surface area contributed by atoms with Crippen molar-refractivity contribution in [3.63, 3.8) is 0 Å². The quantitative estimate of drug-likeness (QED) is 0.518. The third kappa shape index (κ3) is 0.903. The fourth-order valence-electron chi connectivity index (χ4n) is 0.772. The number of hydrogen-bond acceptors (Lipinski definition) is 4. The Morgan fingerprint density at radius 1 is 1.50 bits per heavy atom. The Labute approximate surface area is 62.6 Å². The molecule has 50 valence electrons. The standard InChI is InChI=1S/C6H5N3S/c1-5-2-8-4-10-6(5)9-3-7-1/h1-3H,4H2. The van der Waals surface area contributed by atoms with Crippen molar-refractivity contribution >= 4 is 18.0 Å². The first kappa shape index (κ1) is 5.85. The molecule has 0 saturated carbocycles. The average molecular weight is 151 g/mol. The maximum Gasteiger partial charge on any atom is 0.116 e. The second kappa shape index (κ2) is 2.38. The van der Waals surface area contributed by atoms with E-state index in [-0.39, 0.29) is 0 Å². The van der Waals surface area contributed by atoms with Gasteiger partial charge in [-0.1, -0.05) is 11.8 Å². The van der Waals surface area contributed by atoms with E-state index in [0.717, 1.165) is 16.5 Å². The molecule has 4 heteroatoms. The Bertz CT molecular complexity index is 271. The Balaban J connectivity index is 2.54. The minimum absolute atomic E-state index is 0.782. The lowest BCUT2D eigenvalue weighted by molar-refractivity contribution is 1.03. The fourth-order valence-corrected chi connectivity index (χ4v) is 1.44. The summed E-state index contributed by atoms with van der Waals surface area (Å²) in [7, 11) is 0. The summed E-state index contributed by atoms with van der Waals surface area (Å²) in [5, 5.41) is 1.03. The van der Waals surface area contributed by atoms with Crippen molar-refractivity contribution < 1.29 is 0 Å². The summed E-state index contributed by atoms with van der Waals surface area (Å²) in [6.07, 6.45) is 5.15. The van der Waals surface area contributed by atoms with Crippen LogP contribution in [0.5, 0.6) is 0 Å². The molecule has 2 heterocycles. The molecule has 0 fully saturated rings. The van der Waals surface area contributed by atoms with Crippen LogP contribution < -0.4 is 0 Å². The van der Waals surface area contributed by atoms with E-state index in [4.69, 9.17) is 0 Å². The first-order valence-corrected chi connectivity index (χ1v) is 3.88. The summed E-state index contributed by atoms with van der Waals surface area (Å²) in [4.78, 5) is 12.0. The van der Waals surface area contributed by atoms with Gasteiger partial charge >= 0.3 is 0 Å². The monoisotopic (exact) mass is 151 g/mol. The predicted molar refractivity (Wildman–Crippen MR) is 40.4 cm³/mol. The van der Waals surface area contributed by atoms with Crippen LogP contribution >= 0.6 is 11.8 Å². The van der Waals surface area contributed by atoms with E-state index >= 15 is 0 Å². The second-order valence-electron chi connectivity index (χ2n) is 1.87. The van der Waals surface area contributed by atoms with Crippen molar-refractivity contribution in [3.8, 4) is 0 Å². The van der Waals surface area contributed by atoms with E-state index in [1.54, 1.807) is 24.3 Å². The normalized spacial score (nSPS) is 14.8. The van der Waals surface area contributed by atoms with Crippen LogP contribution in [-0.4, -0.2) is 22.1 Å². The largest absolute Gasteiger partial charge is 0.281 e. The van der Waals surface area contributed by atoms with Gasteiger partial charge in [0.2, 0.25) is 0 Å². The van der Waals surface area contributed by atoms with Crippen LogP contribution in [0.3, 0.4) is 0 Å². The third-order valence-corrected chi connectivity index (χ3v) is 2.10. The number of thioether (sulfide) groups is 1. The zero-order valence-corrected chi connectivity index (χ0v) is 6.01. The van der Waals surface area contributed by atoms with Crippen molar-refractivity contribution in [1.82, 2.24) is 9.97 Å². The Hall–Kier alpha value is -0.900. The van der Waals surface area contributed by atoms with Gasteiger partial charge in [0.15, 0.2) is 0 Å². The summed E-state index contributed by atoms with van der Waals surface area (Å²) in [5.74, 6) is 0.782. The average Bonchev–Trinajstić information content (AvgIpc) is 2.05. The Morgan fingerprint density at radius 3 is 3.40 bits per heavy atom. The van der Waals surface area contributed by atoms with E-state index in [2.05, 4.69) is 15.0 Å². The van der Waals surface area contributed by atoms with Crippen molar-refractivity contribution in [1.29, 1.82) is 0 Å². The van der Waals surface area contributed by atoms with Gasteiger partial charge in [0.1, 0.15) is 11.4 Å². The molecule has 0 amide bonds. The smallest absolute Gasteiger partial charge is 0.116 e. The van der Waals surface area contributed by atoms with Crippen LogP contribution in [0.15, 0.2) is 22.5 Å².